The van der Waals surface area contributed by atoms with E-state index in [0.717, 1.165) is 25.2 Å². The molecular formula is C12H10N2S2. The molecule has 80 valence electrons. The van der Waals surface area contributed by atoms with E-state index in [1.807, 2.05) is 37.3 Å². The minimum Gasteiger partial charge on any atom is -0.398 e. The molecule has 0 radical (unpaired) electrons. The summed E-state index contributed by atoms with van der Waals surface area (Å²) in [7, 11) is 0. The lowest BCUT2D eigenvalue weighted by Crippen LogP contribution is -1.86. The van der Waals surface area contributed by atoms with Crippen LogP contribution in [0.2, 0.25) is 0 Å². The highest BCUT2D eigenvalue weighted by molar-refractivity contribution is 8.01. The van der Waals surface area contributed by atoms with Gasteiger partial charge in [0.25, 0.3) is 0 Å². The molecule has 0 aliphatic carbocycles. The second kappa shape index (κ2) is 4.60. The van der Waals surface area contributed by atoms with Crippen molar-refractivity contribution in [2.75, 3.05) is 5.73 Å². The van der Waals surface area contributed by atoms with Gasteiger partial charge < -0.3 is 5.73 Å². The zero-order valence-electron chi connectivity index (χ0n) is 8.73. The topological polar surface area (TPSA) is 49.8 Å². The van der Waals surface area contributed by atoms with E-state index >= 15 is 0 Å². The lowest BCUT2D eigenvalue weighted by molar-refractivity contribution is 1.43. The van der Waals surface area contributed by atoms with Gasteiger partial charge in [-0.1, -0.05) is 23.9 Å². The first-order valence-corrected chi connectivity index (χ1v) is 6.37. The molecule has 2 rings (SSSR count). The van der Waals surface area contributed by atoms with Crippen LogP contribution in [0.3, 0.4) is 0 Å². The Bertz CT molecular complexity index is 552. The van der Waals surface area contributed by atoms with E-state index in [1.54, 1.807) is 23.1 Å². The van der Waals surface area contributed by atoms with Crippen LogP contribution in [0.1, 0.15) is 10.4 Å². The average molecular weight is 246 g/mol. The van der Waals surface area contributed by atoms with Crippen molar-refractivity contribution < 1.29 is 0 Å². The number of nitrogens with zero attached hydrogens (tertiary/aromatic N) is 1. The number of rotatable bonds is 2. The minimum absolute atomic E-state index is 0.732. The Kier molecular flexibility index (Phi) is 3.18. The van der Waals surface area contributed by atoms with Gasteiger partial charge in [0, 0.05) is 15.5 Å². The molecule has 0 saturated carbocycles. The normalized spacial score (nSPS) is 10.0. The van der Waals surface area contributed by atoms with E-state index in [4.69, 9.17) is 11.0 Å². The van der Waals surface area contributed by atoms with E-state index in [9.17, 15) is 0 Å². The SMILES string of the molecule is Cc1cc(C#N)c(Sc2ccccc2N)s1. The summed E-state index contributed by atoms with van der Waals surface area (Å²) in [6, 6.07) is 11.8. The number of benzene rings is 1. The molecule has 4 heteroatoms. The van der Waals surface area contributed by atoms with E-state index in [1.165, 1.54) is 0 Å². The molecule has 1 heterocycles. The Morgan fingerprint density at radius 2 is 2.12 bits per heavy atom. The van der Waals surface area contributed by atoms with Gasteiger partial charge in [-0.25, -0.2) is 0 Å². The number of nitrogens with two attached hydrogens (primary N) is 1. The molecule has 0 unspecified atom stereocenters. The Hall–Kier alpha value is -1.44. The molecule has 0 fully saturated rings. The van der Waals surface area contributed by atoms with Gasteiger partial charge in [0.2, 0.25) is 0 Å². The molecule has 1 aromatic heterocycles. The number of anilines is 1. The van der Waals surface area contributed by atoms with Crippen molar-refractivity contribution in [3.8, 4) is 6.07 Å². The third-order valence-electron chi connectivity index (χ3n) is 2.06. The maximum Gasteiger partial charge on any atom is 0.101 e. The number of nitriles is 1. The molecule has 0 spiro atoms. The van der Waals surface area contributed by atoms with E-state index in [-0.39, 0.29) is 0 Å². The fourth-order valence-corrected chi connectivity index (χ4v) is 3.58. The zero-order chi connectivity index (χ0) is 11.5. The summed E-state index contributed by atoms with van der Waals surface area (Å²) >= 11 is 3.18. The van der Waals surface area contributed by atoms with Crippen molar-refractivity contribution in [2.24, 2.45) is 0 Å². The number of thiophene rings is 1. The smallest absolute Gasteiger partial charge is 0.101 e. The molecule has 2 N–H and O–H groups in total. The van der Waals surface area contributed by atoms with Crippen LogP contribution in [-0.4, -0.2) is 0 Å². The highest BCUT2D eigenvalue weighted by Gasteiger charge is 2.09. The fourth-order valence-electron chi connectivity index (χ4n) is 1.32. The third kappa shape index (κ3) is 2.21. The van der Waals surface area contributed by atoms with Crippen LogP contribution in [0.15, 0.2) is 39.4 Å². The first kappa shape index (κ1) is 11.1. The molecule has 2 aromatic rings. The predicted octanol–water partition coefficient (Wildman–Crippen LogP) is 3.66. The molecule has 1 aromatic carbocycles. The number of para-hydroxylation sites is 1. The second-order valence-electron chi connectivity index (χ2n) is 3.31. The van der Waals surface area contributed by atoms with Crippen LogP contribution in [0, 0.1) is 18.3 Å². The molecule has 0 aliphatic heterocycles. The van der Waals surface area contributed by atoms with Gasteiger partial charge >= 0.3 is 0 Å². The Balaban J connectivity index is 2.35. The zero-order valence-corrected chi connectivity index (χ0v) is 10.4. The first-order chi connectivity index (χ1) is 7.70. The molecule has 0 aliphatic rings. The van der Waals surface area contributed by atoms with Crippen LogP contribution in [0.4, 0.5) is 5.69 Å². The van der Waals surface area contributed by atoms with Crippen molar-refractivity contribution in [2.45, 2.75) is 16.0 Å². The highest BCUT2D eigenvalue weighted by atomic mass is 32.2. The standard InChI is InChI=1S/C12H10N2S2/c1-8-6-9(7-13)12(15-8)16-11-5-3-2-4-10(11)14/h2-6H,14H2,1H3. The second-order valence-corrected chi connectivity index (χ2v) is 5.88. The van der Waals surface area contributed by atoms with Crippen molar-refractivity contribution in [3.63, 3.8) is 0 Å². The number of aryl methyl sites for hydroxylation is 1. The van der Waals surface area contributed by atoms with E-state index < -0.39 is 0 Å². The summed E-state index contributed by atoms with van der Waals surface area (Å²) < 4.78 is 1.01. The summed E-state index contributed by atoms with van der Waals surface area (Å²) in [6.07, 6.45) is 0. The summed E-state index contributed by atoms with van der Waals surface area (Å²) in [5, 5.41) is 8.99. The highest BCUT2D eigenvalue weighted by Crippen LogP contribution is 2.38. The molecule has 0 bridgehead atoms. The van der Waals surface area contributed by atoms with Gasteiger partial charge in [0.1, 0.15) is 6.07 Å². The molecule has 0 amide bonds. The van der Waals surface area contributed by atoms with Gasteiger partial charge in [0.15, 0.2) is 0 Å². The Morgan fingerprint density at radius 1 is 1.38 bits per heavy atom. The average Bonchev–Trinajstić information content (AvgIpc) is 2.62. The maximum absolute atomic E-state index is 8.99. The monoisotopic (exact) mass is 246 g/mol. The van der Waals surface area contributed by atoms with E-state index in [2.05, 4.69) is 6.07 Å². The summed E-state index contributed by atoms with van der Waals surface area (Å²) in [5.74, 6) is 0. The molecule has 2 nitrogen and oxygen atoms in total. The fraction of sp³-hybridized carbons (Fsp3) is 0.0833. The van der Waals surface area contributed by atoms with Crippen LogP contribution in [0.25, 0.3) is 0 Å². The van der Waals surface area contributed by atoms with Gasteiger partial charge in [0.05, 0.1) is 9.77 Å². The van der Waals surface area contributed by atoms with Crippen LogP contribution < -0.4 is 5.73 Å². The molecular weight excluding hydrogens is 236 g/mol. The minimum atomic E-state index is 0.732. The van der Waals surface area contributed by atoms with Crippen molar-refractivity contribution in [1.29, 1.82) is 5.26 Å². The van der Waals surface area contributed by atoms with Gasteiger partial charge in [-0.3, -0.25) is 0 Å². The first-order valence-electron chi connectivity index (χ1n) is 4.73. The van der Waals surface area contributed by atoms with Crippen molar-refractivity contribution in [3.05, 3.63) is 40.8 Å². The molecule has 16 heavy (non-hydrogen) atoms. The molecule has 0 saturated heterocycles. The van der Waals surface area contributed by atoms with Gasteiger partial charge in [-0.15, -0.1) is 11.3 Å². The van der Waals surface area contributed by atoms with Gasteiger partial charge in [-0.2, -0.15) is 5.26 Å². The van der Waals surface area contributed by atoms with Gasteiger partial charge in [-0.05, 0) is 25.1 Å². The van der Waals surface area contributed by atoms with E-state index in [0.29, 0.717) is 0 Å². The van der Waals surface area contributed by atoms with Crippen LogP contribution in [0.5, 0.6) is 0 Å². The van der Waals surface area contributed by atoms with Crippen LogP contribution in [-0.2, 0) is 0 Å². The third-order valence-corrected chi connectivity index (χ3v) is 4.41. The maximum atomic E-state index is 8.99. The summed E-state index contributed by atoms with van der Waals surface area (Å²) in [5.41, 5.74) is 7.35. The van der Waals surface area contributed by atoms with Crippen molar-refractivity contribution >= 4 is 28.8 Å². The Morgan fingerprint density at radius 3 is 2.81 bits per heavy atom. The lowest BCUT2D eigenvalue weighted by Gasteiger charge is -2.02. The Labute approximate surface area is 103 Å². The number of hydrogen-bond donors (Lipinski definition) is 1. The van der Waals surface area contributed by atoms with Crippen molar-refractivity contribution in [1.82, 2.24) is 0 Å². The predicted molar refractivity (Wildman–Crippen MR) is 68.7 cm³/mol. The largest absolute Gasteiger partial charge is 0.398 e. The number of nitrogen functional groups attached to an aromatic ring is 1. The quantitative estimate of drug-likeness (QED) is 0.823. The molecule has 0 atom stereocenters. The van der Waals surface area contributed by atoms with Crippen LogP contribution >= 0.6 is 23.1 Å². The lowest BCUT2D eigenvalue weighted by atomic mass is 10.3. The number of hydrogen-bond acceptors (Lipinski definition) is 4. The summed E-state index contributed by atoms with van der Waals surface area (Å²) in [6.45, 7) is 2.00. The summed E-state index contributed by atoms with van der Waals surface area (Å²) in [4.78, 5) is 2.15.